The molecule has 3 aromatic rings. The van der Waals surface area contributed by atoms with Crippen molar-refractivity contribution < 1.29 is 22.4 Å². The number of amides is 1. The van der Waals surface area contributed by atoms with E-state index in [1.54, 1.807) is 43.5 Å². The summed E-state index contributed by atoms with van der Waals surface area (Å²) in [5, 5.41) is 10.2. The molecule has 0 fully saturated rings. The number of hydrogen-bond acceptors (Lipinski definition) is 7. The quantitative estimate of drug-likeness (QED) is 0.691. The molecule has 2 aromatic carbocycles. The third kappa shape index (κ3) is 4.70. The van der Waals surface area contributed by atoms with Crippen molar-refractivity contribution >= 4 is 21.8 Å². The van der Waals surface area contributed by atoms with Crippen LogP contribution in [-0.4, -0.2) is 37.9 Å². The van der Waals surface area contributed by atoms with Gasteiger partial charge in [-0.1, -0.05) is 23.3 Å². The Balaban J connectivity index is 1.69. The van der Waals surface area contributed by atoms with E-state index in [1.807, 2.05) is 0 Å². The number of anilines is 1. The van der Waals surface area contributed by atoms with E-state index in [4.69, 9.17) is 9.15 Å². The second-order valence-electron chi connectivity index (χ2n) is 5.79. The number of ether oxygens (including phenoxy) is 1. The van der Waals surface area contributed by atoms with Crippen molar-refractivity contribution in [2.24, 2.45) is 0 Å². The number of sulfone groups is 1. The zero-order valence-corrected chi connectivity index (χ0v) is 15.5. The first-order valence-corrected chi connectivity index (χ1v) is 9.81. The molecule has 0 radical (unpaired) electrons. The Morgan fingerprint density at radius 3 is 2.56 bits per heavy atom. The van der Waals surface area contributed by atoms with Crippen LogP contribution >= 0.6 is 0 Å². The summed E-state index contributed by atoms with van der Waals surface area (Å²) in [5.74, 6) is 0.498. The number of methoxy groups -OCH3 is 1. The number of carbonyl (C=O) groups excluding carboxylic acids is 1. The molecule has 0 aliphatic carbocycles. The first-order chi connectivity index (χ1) is 12.8. The summed E-state index contributed by atoms with van der Waals surface area (Å²) < 4.78 is 33.8. The molecule has 8 nitrogen and oxygen atoms in total. The van der Waals surface area contributed by atoms with Gasteiger partial charge in [-0.25, -0.2) is 8.42 Å². The maximum Gasteiger partial charge on any atom is 0.322 e. The largest absolute Gasteiger partial charge is 0.497 e. The minimum absolute atomic E-state index is 0.0618. The van der Waals surface area contributed by atoms with Gasteiger partial charge in [0.05, 0.1) is 18.4 Å². The van der Waals surface area contributed by atoms with Gasteiger partial charge in [0.25, 0.3) is 0 Å². The van der Waals surface area contributed by atoms with Gasteiger partial charge in [0.15, 0.2) is 9.84 Å². The topological polar surface area (TPSA) is 111 Å². The first-order valence-electron chi connectivity index (χ1n) is 7.92. The van der Waals surface area contributed by atoms with E-state index in [1.165, 1.54) is 12.1 Å². The molecular formula is C18H17N3O5S. The molecule has 27 heavy (non-hydrogen) atoms. The van der Waals surface area contributed by atoms with E-state index >= 15 is 0 Å². The van der Waals surface area contributed by atoms with E-state index in [0.717, 1.165) is 11.8 Å². The lowest BCUT2D eigenvalue weighted by Crippen LogP contribution is -2.14. The number of carbonyl (C=O) groups is 1. The highest BCUT2D eigenvalue weighted by molar-refractivity contribution is 7.90. The molecule has 0 aliphatic heterocycles. The van der Waals surface area contributed by atoms with E-state index < -0.39 is 9.84 Å². The molecule has 0 spiro atoms. The van der Waals surface area contributed by atoms with Gasteiger partial charge in [-0.05, 0) is 35.9 Å². The number of rotatable bonds is 6. The molecule has 1 heterocycles. The third-order valence-electron chi connectivity index (χ3n) is 3.70. The number of aromatic nitrogens is 2. The van der Waals surface area contributed by atoms with Gasteiger partial charge in [-0.3, -0.25) is 10.1 Å². The van der Waals surface area contributed by atoms with Crippen molar-refractivity contribution in [3.05, 3.63) is 54.1 Å². The van der Waals surface area contributed by atoms with Crippen molar-refractivity contribution in [2.75, 3.05) is 18.7 Å². The van der Waals surface area contributed by atoms with Gasteiger partial charge in [-0.15, -0.1) is 5.10 Å². The highest BCUT2D eigenvalue weighted by atomic mass is 32.2. The van der Waals surface area contributed by atoms with Gasteiger partial charge in [0.2, 0.25) is 11.8 Å². The number of nitrogens with zero attached hydrogens (tertiary/aromatic N) is 2. The summed E-state index contributed by atoms with van der Waals surface area (Å²) in [6.07, 6.45) is 1.25. The van der Waals surface area contributed by atoms with Crippen LogP contribution in [0.25, 0.3) is 11.5 Å². The Labute approximate surface area is 156 Å². The predicted octanol–water partition coefficient (Wildman–Crippen LogP) is 2.33. The van der Waals surface area contributed by atoms with Crippen molar-refractivity contribution in [3.8, 4) is 17.2 Å². The van der Waals surface area contributed by atoms with Crippen molar-refractivity contribution in [3.63, 3.8) is 0 Å². The molecule has 0 atom stereocenters. The lowest BCUT2D eigenvalue weighted by atomic mass is 10.1. The molecule has 0 saturated carbocycles. The van der Waals surface area contributed by atoms with Gasteiger partial charge < -0.3 is 9.15 Å². The molecule has 0 bridgehead atoms. The minimum atomic E-state index is -3.35. The zero-order chi connectivity index (χ0) is 19.4. The molecular weight excluding hydrogens is 370 g/mol. The fraction of sp³-hybridized carbons (Fsp3) is 0.167. The summed E-state index contributed by atoms with van der Waals surface area (Å²) in [4.78, 5) is 12.3. The Hall–Kier alpha value is -3.20. The highest BCUT2D eigenvalue weighted by Gasteiger charge is 2.14. The number of benzene rings is 2. The Bertz CT molecular complexity index is 1060. The average molecular weight is 387 g/mol. The second kappa shape index (κ2) is 7.58. The fourth-order valence-electron chi connectivity index (χ4n) is 2.34. The Kier molecular flexibility index (Phi) is 5.22. The van der Waals surface area contributed by atoms with Gasteiger partial charge in [-0.2, -0.15) is 0 Å². The maximum absolute atomic E-state index is 12.1. The highest BCUT2D eigenvalue weighted by Crippen LogP contribution is 2.23. The van der Waals surface area contributed by atoms with Gasteiger partial charge >= 0.3 is 6.01 Å². The van der Waals surface area contributed by atoms with Crippen LogP contribution in [0.15, 0.2) is 57.8 Å². The SMILES string of the molecule is COc1ccc(CC(=O)Nc2nnc(-c3cccc(S(C)(=O)=O)c3)o2)cc1. The van der Waals surface area contributed by atoms with E-state index in [2.05, 4.69) is 15.5 Å². The summed E-state index contributed by atoms with van der Waals surface area (Å²) in [6.45, 7) is 0. The zero-order valence-electron chi connectivity index (χ0n) is 14.7. The Morgan fingerprint density at radius 2 is 1.89 bits per heavy atom. The van der Waals surface area contributed by atoms with Crippen LogP contribution in [0.5, 0.6) is 5.75 Å². The van der Waals surface area contributed by atoms with Crippen LogP contribution in [0, 0.1) is 0 Å². The lowest BCUT2D eigenvalue weighted by Gasteiger charge is -2.03. The van der Waals surface area contributed by atoms with Crippen molar-refractivity contribution in [1.29, 1.82) is 0 Å². The predicted molar refractivity (Wildman–Crippen MR) is 98.2 cm³/mol. The van der Waals surface area contributed by atoms with Crippen molar-refractivity contribution in [2.45, 2.75) is 11.3 Å². The third-order valence-corrected chi connectivity index (χ3v) is 4.81. The Morgan fingerprint density at radius 1 is 1.15 bits per heavy atom. The lowest BCUT2D eigenvalue weighted by molar-refractivity contribution is -0.115. The fourth-order valence-corrected chi connectivity index (χ4v) is 3.01. The summed E-state index contributed by atoms with van der Waals surface area (Å²) in [5.41, 5.74) is 1.25. The molecule has 3 rings (SSSR count). The smallest absolute Gasteiger partial charge is 0.322 e. The van der Waals surface area contributed by atoms with Crippen LogP contribution in [0.2, 0.25) is 0 Å². The normalized spacial score (nSPS) is 11.2. The average Bonchev–Trinajstić information content (AvgIpc) is 3.10. The monoisotopic (exact) mass is 387 g/mol. The number of hydrogen-bond donors (Lipinski definition) is 1. The molecule has 0 unspecified atom stereocenters. The first kappa shape index (κ1) is 18.6. The molecule has 1 aromatic heterocycles. The van der Waals surface area contributed by atoms with Gasteiger partial charge in [0, 0.05) is 11.8 Å². The molecule has 1 amide bonds. The van der Waals surface area contributed by atoms with Crippen LogP contribution in [0.1, 0.15) is 5.56 Å². The minimum Gasteiger partial charge on any atom is -0.497 e. The summed E-state index contributed by atoms with van der Waals surface area (Å²) in [6, 6.07) is 13.2. The van der Waals surface area contributed by atoms with Crippen LogP contribution < -0.4 is 10.1 Å². The molecule has 1 N–H and O–H groups in total. The summed E-state index contributed by atoms with van der Waals surface area (Å²) >= 11 is 0. The van der Waals surface area contributed by atoms with Crippen LogP contribution in [-0.2, 0) is 21.1 Å². The molecule has 9 heteroatoms. The molecule has 0 aliphatic rings. The maximum atomic E-state index is 12.1. The number of nitrogens with one attached hydrogen (secondary N) is 1. The van der Waals surface area contributed by atoms with Crippen LogP contribution in [0.4, 0.5) is 6.01 Å². The van der Waals surface area contributed by atoms with Crippen LogP contribution in [0.3, 0.4) is 0 Å². The molecule has 140 valence electrons. The van der Waals surface area contributed by atoms with Crippen molar-refractivity contribution in [1.82, 2.24) is 10.2 Å². The molecule has 0 saturated heterocycles. The second-order valence-corrected chi connectivity index (χ2v) is 7.80. The van der Waals surface area contributed by atoms with E-state index in [-0.39, 0.29) is 29.1 Å². The van der Waals surface area contributed by atoms with E-state index in [0.29, 0.717) is 11.3 Å². The van der Waals surface area contributed by atoms with Gasteiger partial charge in [0.1, 0.15) is 5.75 Å². The van der Waals surface area contributed by atoms with E-state index in [9.17, 15) is 13.2 Å². The standard InChI is InChI=1S/C18H17N3O5S/c1-25-14-8-6-12(7-9-14)10-16(22)19-18-21-20-17(26-18)13-4-3-5-15(11-13)27(2,23)24/h3-9,11H,10H2,1-2H3,(H,19,21,22). The summed E-state index contributed by atoms with van der Waals surface area (Å²) in [7, 11) is -1.78.